The van der Waals surface area contributed by atoms with Crippen molar-refractivity contribution < 1.29 is 0 Å². The van der Waals surface area contributed by atoms with Crippen molar-refractivity contribution in [2.24, 2.45) is 0 Å². The van der Waals surface area contributed by atoms with Crippen LogP contribution in [-0.4, -0.2) is 13.1 Å². The second kappa shape index (κ2) is 4.14. The predicted molar refractivity (Wildman–Crippen MR) is 60.8 cm³/mol. The first kappa shape index (κ1) is 9.72. The fourth-order valence-electron chi connectivity index (χ4n) is 2.51. The van der Waals surface area contributed by atoms with E-state index in [1.807, 2.05) is 0 Å². The molecule has 0 radical (unpaired) electrons. The zero-order valence-electron chi connectivity index (χ0n) is 9.14. The molecule has 76 valence electrons. The molecule has 0 aromatic heterocycles. The summed E-state index contributed by atoms with van der Waals surface area (Å²) in [6.07, 6.45) is 2.47. The van der Waals surface area contributed by atoms with Crippen molar-refractivity contribution in [1.82, 2.24) is 5.32 Å². The predicted octanol–water partition coefficient (Wildman–Crippen LogP) is 2.63. The molecule has 1 aromatic rings. The molecule has 1 fully saturated rings. The van der Waals surface area contributed by atoms with E-state index in [2.05, 4.69) is 37.4 Å². The van der Waals surface area contributed by atoms with E-state index in [4.69, 9.17) is 0 Å². The van der Waals surface area contributed by atoms with Crippen molar-refractivity contribution in [3.05, 3.63) is 34.9 Å². The van der Waals surface area contributed by atoms with Gasteiger partial charge in [-0.05, 0) is 48.9 Å². The zero-order valence-corrected chi connectivity index (χ0v) is 9.14. The summed E-state index contributed by atoms with van der Waals surface area (Å²) in [5.74, 6) is 0.754. The van der Waals surface area contributed by atoms with Gasteiger partial charge in [-0.3, -0.25) is 0 Å². The Morgan fingerprint density at radius 3 is 2.93 bits per heavy atom. The van der Waals surface area contributed by atoms with Crippen LogP contribution in [-0.2, 0) is 6.42 Å². The molecule has 1 saturated heterocycles. The number of aryl methyl sites for hydroxylation is 1. The van der Waals surface area contributed by atoms with Gasteiger partial charge in [-0.1, -0.05) is 25.1 Å². The zero-order chi connectivity index (χ0) is 9.97. The summed E-state index contributed by atoms with van der Waals surface area (Å²) in [5, 5.41) is 3.44. The third-order valence-corrected chi connectivity index (χ3v) is 3.30. The third-order valence-electron chi connectivity index (χ3n) is 3.30. The molecule has 1 N–H and O–H groups in total. The Balaban J connectivity index is 2.35. The quantitative estimate of drug-likeness (QED) is 0.754. The summed E-state index contributed by atoms with van der Waals surface area (Å²) in [5.41, 5.74) is 4.61. The highest BCUT2D eigenvalue weighted by Crippen LogP contribution is 2.27. The SMILES string of the molecule is CCc1c(C)cccc1[C@@H]1CCNC1. The van der Waals surface area contributed by atoms with E-state index < -0.39 is 0 Å². The van der Waals surface area contributed by atoms with Crippen molar-refractivity contribution in [3.8, 4) is 0 Å². The van der Waals surface area contributed by atoms with Crippen LogP contribution in [0.4, 0.5) is 0 Å². The molecule has 1 atom stereocenters. The smallest absolute Gasteiger partial charge is 0.00207 e. The molecule has 1 heteroatoms. The first-order valence-electron chi connectivity index (χ1n) is 5.62. The summed E-state index contributed by atoms with van der Waals surface area (Å²) in [4.78, 5) is 0. The monoisotopic (exact) mass is 189 g/mol. The molecule has 0 bridgehead atoms. The molecule has 1 nitrogen and oxygen atoms in total. The van der Waals surface area contributed by atoms with E-state index >= 15 is 0 Å². The molecule has 0 saturated carbocycles. The molecular weight excluding hydrogens is 170 g/mol. The van der Waals surface area contributed by atoms with E-state index in [-0.39, 0.29) is 0 Å². The van der Waals surface area contributed by atoms with E-state index in [0.717, 1.165) is 12.5 Å². The van der Waals surface area contributed by atoms with Gasteiger partial charge in [-0.15, -0.1) is 0 Å². The van der Waals surface area contributed by atoms with E-state index in [0.29, 0.717) is 0 Å². The van der Waals surface area contributed by atoms with Crippen LogP contribution in [0.3, 0.4) is 0 Å². The largest absolute Gasteiger partial charge is 0.316 e. The molecule has 1 aromatic carbocycles. The highest BCUT2D eigenvalue weighted by atomic mass is 14.9. The van der Waals surface area contributed by atoms with Crippen LogP contribution in [0.2, 0.25) is 0 Å². The summed E-state index contributed by atoms with van der Waals surface area (Å²) >= 11 is 0. The Labute approximate surface area is 86.5 Å². The van der Waals surface area contributed by atoms with Gasteiger partial charge in [-0.2, -0.15) is 0 Å². The second-order valence-electron chi connectivity index (χ2n) is 4.19. The van der Waals surface area contributed by atoms with Crippen LogP contribution in [0.1, 0.15) is 36.0 Å². The molecule has 2 rings (SSSR count). The van der Waals surface area contributed by atoms with Gasteiger partial charge in [0.2, 0.25) is 0 Å². The topological polar surface area (TPSA) is 12.0 Å². The Morgan fingerprint density at radius 2 is 2.29 bits per heavy atom. The third kappa shape index (κ3) is 1.69. The standard InChI is InChI=1S/C13H19N/c1-3-12-10(2)5-4-6-13(12)11-7-8-14-9-11/h4-6,11,14H,3,7-9H2,1-2H3/t11-/m1/s1. The maximum absolute atomic E-state index is 3.44. The first-order valence-corrected chi connectivity index (χ1v) is 5.62. The molecule has 0 spiro atoms. The van der Waals surface area contributed by atoms with Crippen molar-refractivity contribution in [3.63, 3.8) is 0 Å². The van der Waals surface area contributed by atoms with Crippen LogP contribution >= 0.6 is 0 Å². The Hall–Kier alpha value is -0.820. The van der Waals surface area contributed by atoms with Gasteiger partial charge in [0.1, 0.15) is 0 Å². The highest BCUT2D eigenvalue weighted by Gasteiger charge is 2.19. The van der Waals surface area contributed by atoms with Crippen LogP contribution in [0, 0.1) is 6.92 Å². The molecular formula is C13H19N. The van der Waals surface area contributed by atoms with Crippen LogP contribution < -0.4 is 5.32 Å². The van der Waals surface area contributed by atoms with Crippen molar-refractivity contribution >= 4 is 0 Å². The molecule has 1 heterocycles. The number of hydrogen-bond acceptors (Lipinski definition) is 1. The maximum atomic E-state index is 3.44. The van der Waals surface area contributed by atoms with Crippen molar-refractivity contribution in [1.29, 1.82) is 0 Å². The van der Waals surface area contributed by atoms with E-state index in [1.54, 1.807) is 11.1 Å². The lowest BCUT2D eigenvalue weighted by Gasteiger charge is -2.15. The summed E-state index contributed by atoms with van der Waals surface area (Å²) in [7, 11) is 0. The fourth-order valence-corrected chi connectivity index (χ4v) is 2.51. The minimum absolute atomic E-state index is 0.754. The summed E-state index contributed by atoms with van der Waals surface area (Å²) in [6.45, 7) is 6.83. The van der Waals surface area contributed by atoms with Gasteiger partial charge in [0.25, 0.3) is 0 Å². The average Bonchev–Trinajstić information content (AvgIpc) is 2.70. The molecule has 0 amide bonds. The van der Waals surface area contributed by atoms with Crippen LogP contribution in [0.15, 0.2) is 18.2 Å². The maximum Gasteiger partial charge on any atom is 0.00207 e. The van der Waals surface area contributed by atoms with Gasteiger partial charge < -0.3 is 5.32 Å². The highest BCUT2D eigenvalue weighted by molar-refractivity contribution is 5.37. The molecule has 14 heavy (non-hydrogen) atoms. The van der Waals surface area contributed by atoms with Crippen LogP contribution in [0.25, 0.3) is 0 Å². The number of benzene rings is 1. The van der Waals surface area contributed by atoms with Gasteiger partial charge in [0, 0.05) is 6.54 Å². The van der Waals surface area contributed by atoms with Crippen molar-refractivity contribution in [2.75, 3.05) is 13.1 Å². The first-order chi connectivity index (χ1) is 6.83. The normalized spacial score (nSPS) is 21.4. The fraction of sp³-hybridized carbons (Fsp3) is 0.538. The number of rotatable bonds is 2. The average molecular weight is 189 g/mol. The lowest BCUT2D eigenvalue weighted by atomic mass is 9.90. The Bertz CT molecular complexity index is 311. The van der Waals surface area contributed by atoms with Crippen molar-refractivity contribution in [2.45, 2.75) is 32.6 Å². The van der Waals surface area contributed by atoms with E-state index in [1.165, 1.54) is 24.9 Å². The number of nitrogens with one attached hydrogen (secondary N) is 1. The van der Waals surface area contributed by atoms with Gasteiger partial charge in [-0.25, -0.2) is 0 Å². The lowest BCUT2D eigenvalue weighted by Crippen LogP contribution is -2.09. The Kier molecular flexibility index (Phi) is 2.87. The van der Waals surface area contributed by atoms with Gasteiger partial charge in [0.05, 0.1) is 0 Å². The molecule has 0 aliphatic carbocycles. The van der Waals surface area contributed by atoms with Gasteiger partial charge in [0.15, 0.2) is 0 Å². The van der Waals surface area contributed by atoms with Gasteiger partial charge >= 0.3 is 0 Å². The molecule has 1 aliphatic rings. The minimum atomic E-state index is 0.754. The molecule has 0 unspecified atom stereocenters. The number of hydrogen-bond donors (Lipinski definition) is 1. The lowest BCUT2D eigenvalue weighted by molar-refractivity contribution is 0.750. The minimum Gasteiger partial charge on any atom is -0.316 e. The van der Waals surface area contributed by atoms with E-state index in [9.17, 15) is 0 Å². The van der Waals surface area contributed by atoms with Crippen LogP contribution in [0.5, 0.6) is 0 Å². The Morgan fingerprint density at radius 1 is 1.43 bits per heavy atom. The summed E-state index contributed by atoms with van der Waals surface area (Å²) < 4.78 is 0. The summed E-state index contributed by atoms with van der Waals surface area (Å²) in [6, 6.07) is 6.73. The molecule has 1 aliphatic heterocycles. The second-order valence-corrected chi connectivity index (χ2v) is 4.19.